The third-order valence-electron chi connectivity index (χ3n) is 4.70. The van der Waals surface area contributed by atoms with Gasteiger partial charge in [-0.15, -0.1) is 0 Å². The van der Waals surface area contributed by atoms with Gasteiger partial charge in [0.15, 0.2) is 0 Å². The predicted molar refractivity (Wildman–Crippen MR) is 91.8 cm³/mol. The highest BCUT2D eigenvalue weighted by atomic mass is 16.7. The third-order valence-corrected chi connectivity index (χ3v) is 4.70. The minimum Gasteiger partial charge on any atom is -0.399 e. The van der Waals surface area contributed by atoms with Crippen molar-refractivity contribution in [2.24, 2.45) is 0 Å². The minimum absolute atomic E-state index is 0.0166. The van der Waals surface area contributed by atoms with E-state index in [0.29, 0.717) is 5.56 Å². The molecule has 2 atom stereocenters. The van der Waals surface area contributed by atoms with E-state index in [9.17, 15) is 15.0 Å². The highest BCUT2D eigenvalue weighted by molar-refractivity contribution is 6.62. The zero-order valence-corrected chi connectivity index (χ0v) is 14.9. The topological polar surface area (TPSA) is 88.0 Å². The molecule has 2 rings (SSSR count). The SMILES string of the molecule is CC(=O)NCC(O)C(O)c1cccc(B2OC(C)(C)C(C)(C)O2)c1. The van der Waals surface area contributed by atoms with Gasteiger partial charge in [-0.2, -0.15) is 0 Å². The monoisotopic (exact) mass is 335 g/mol. The number of carbonyl (C=O) groups is 1. The van der Waals surface area contributed by atoms with Crippen LogP contribution in [0.3, 0.4) is 0 Å². The second kappa shape index (κ2) is 6.84. The number of amides is 1. The van der Waals surface area contributed by atoms with Crippen molar-refractivity contribution in [1.82, 2.24) is 5.32 Å². The van der Waals surface area contributed by atoms with E-state index < -0.39 is 30.5 Å². The quantitative estimate of drug-likeness (QED) is 0.683. The molecule has 24 heavy (non-hydrogen) atoms. The first kappa shape index (κ1) is 18.9. The molecule has 0 spiro atoms. The first-order valence-electron chi connectivity index (χ1n) is 8.09. The molecule has 2 unspecified atom stereocenters. The number of hydrogen-bond acceptors (Lipinski definition) is 5. The molecule has 0 radical (unpaired) electrons. The van der Waals surface area contributed by atoms with Crippen molar-refractivity contribution in [3.63, 3.8) is 0 Å². The average molecular weight is 335 g/mol. The molecular formula is C17H26BNO5. The van der Waals surface area contributed by atoms with Gasteiger partial charge in [-0.25, -0.2) is 0 Å². The maximum absolute atomic E-state index is 10.9. The number of carbonyl (C=O) groups excluding carboxylic acids is 1. The smallest absolute Gasteiger partial charge is 0.399 e. The Morgan fingerprint density at radius 3 is 2.33 bits per heavy atom. The molecule has 7 heteroatoms. The molecule has 0 bridgehead atoms. The van der Waals surface area contributed by atoms with Crippen LogP contribution in [0, 0.1) is 0 Å². The van der Waals surface area contributed by atoms with Crippen molar-refractivity contribution in [3.8, 4) is 0 Å². The van der Waals surface area contributed by atoms with Crippen LogP contribution in [-0.4, -0.2) is 47.1 Å². The van der Waals surface area contributed by atoms with Gasteiger partial charge in [-0.3, -0.25) is 4.79 Å². The Kier molecular flexibility index (Phi) is 5.39. The van der Waals surface area contributed by atoms with Crippen LogP contribution in [0.15, 0.2) is 24.3 Å². The van der Waals surface area contributed by atoms with E-state index in [2.05, 4.69) is 5.32 Å². The van der Waals surface area contributed by atoms with Crippen LogP contribution in [0.4, 0.5) is 0 Å². The molecule has 1 aromatic rings. The highest BCUT2D eigenvalue weighted by Gasteiger charge is 2.51. The van der Waals surface area contributed by atoms with Crippen molar-refractivity contribution in [2.75, 3.05) is 6.54 Å². The first-order chi connectivity index (χ1) is 11.0. The Bertz CT molecular complexity index is 588. The molecule has 132 valence electrons. The summed E-state index contributed by atoms with van der Waals surface area (Å²) in [6.45, 7) is 9.24. The van der Waals surface area contributed by atoms with Crippen LogP contribution in [0.2, 0.25) is 0 Å². The summed E-state index contributed by atoms with van der Waals surface area (Å²) in [4.78, 5) is 10.9. The summed E-state index contributed by atoms with van der Waals surface area (Å²) in [7, 11) is -0.533. The molecule has 1 amide bonds. The molecule has 1 aromatic carbocycles. The van der Waals surface area contributed by atoms with Crippen molar-refractivity contribution in [2.45, 2.75) is 58.0 Å². The number of aliphatic hydroxyl groups excluding tert-OH is 2. The number of rotatable bonds is 5. The lowest BCUT2D eigenvalue weighted by Gasteiger charge is -2.32. The summed E-state index contributed by atoms with van der Waals surface area (Å²) in [5.41, 5.74) is 0.422. The number of hydrogen-bond donors (Lipinski definition) is 3. The van der Waals surface area contributed by atoms with Crippen LogP contribution in [0.5, 0.6) is 0 Å². The molecule has 1 saturated heterocycles. The molecule has 0 aliphatic carbocycles. The second-order valence-corrected chi connectivity index (χ2v) is 7.21. The summed E-state index contributed by atoms with van der Waals surface area (Å²) >= 11 is 0. The van der Waals surface area contributed by atoms with Gasteiger partial charge in [0.1, 0.15) is 12.2 Å². The Hall–Kier alpha value is -1.41. The van der Waals surface area contributed by atoms with Crippen molar-refractivity contribution >= 4 is 18.5 Å². The largest absolute Gasteiger partial charge is 0.494 e. The number of benzene rings is 1. The average Bonchev–Trinajstić information content (AvgIpc) is 2.72. The maximum Gasteiger partial charge on any atom is 0.494 e. The minimum atomic E-state index is -1.11. The molecule has 0 saturated carbocycles. The number of nitrogens with one attached hydrogen (secondary N) is 1. The van der Waals surface area contributed by atoms with E-state index in [1.54, 1.807) is 18.2 Å². The van der Waals surface area contributed by atoms with Crippen molar-refractivity contribution in [3.05, 3.63) is 29.8 Å². The van der Waals surface area contributed by atoms with Gasteiger partial charge < -0.3 is 24.8 Å². The fourth-order valence-electron chi connectivity index (χ4n) is 2.45. The Balaban J connectivity index is 2.13. The summed E-state index contributed by atoms with van der Waals surface area (Å²) in [5.74, 6) is -0.257. The Morgan fingerprint density at radius 1 is 1.21 bits per heavy atom. The molecule has 0 aromatic heterocycles. The summed E-state index contributed by atoms with van der Waals surface area (Å²) in [6, 6.07) is 7.11. The lowest BCUT2D eigenvalue weighted by molar-refractivity contribution is -0.119. The molecular weight excluding hydrogens is 309 g/mol. The van der Waals surface area contributed by atoms with Crippen LogP contribution < -0.4 is 10.8 Å². The lowest BCUT2D eigenvalue weighted by Crippen LogP contribution is -2.41. The van der Waals surface area contributed by atoms with E-state index in [4.69, 9.17) is 9.31 Å². The van der Waals surface area contributed by atoms with Gasteiger partial charge in [0.25, 0.3) is 0 Å². The second-order valence-electron chi connectivity index (χ2n) is 7.21. The molecule has 1 fully saturated rings. The van der Waals surface area contributed by atoms with Crippen LogP contribution in [-0.2, 0) is 14.1 Å². The van der Waals surface area contributed by atoms with E-state index in [-0.39, 0.29) is 12.5 Å². The standard InChI is InChI=1S/C17H26BNO5/c1-11(20)19-10-14(21)15(22)12-7-6-8-13(9-12)18-23-16(2,3)17(4,5)24-18/h6-9,14-15,21-22H,10H2,1-5H3,(H,19,20). The van der Waals surface area contributed by atoms with Crippen LogP contribution >= 0.6 is 0 Å². The van der Waals surface area contributed by atoms with Gasteiger partial charge in [-0.1, -0.05) is 24.3 Å². The van der Waals surface area contributed by atoms with E-state index in [1.807, 2.05) is 33.8 Å². The first-order valence-corrected chi connectivity index (χ1v) is 8.09. The lowest BCUT2D eigenvalue weighted by atomic mass is 9.78. The Morgan fingerprint density at radius 2 is 1.79 bits per heavy atom. The normalized spacial score (nSPS) is 21.4. The van der Waals surface area contributed by atoms with Gasteiger partial charge in [-0.05, 0) is 38.7 Å². The zero-order chi connectivity index (χ0) is 18.1. The molecule has 6 nitrogen and oxygen atoms in total. The van der Waals surface area contributed by atoms with Crippen molar-refractivity contribution < 1.29 is 24.3 Å². The fourth-order valence-corrected chi connectivity index (χ4v) is 2.45. The molecule has 1 aliphatic heterocycles. The van der Waals surface area contributed by atoms with Gasteiger partial charge >= 0.3 is 7.12 Å². The van der Waals surface area contributed by atoms with E-state index in [0.717, 1.165) is 5.46 Å². The van der Waals surface area contributed by atoms with Crippen LogP contribution in [0.25, 0.3) is 0 Å². The third kappa shape index (κ3) is 3.98. The van der Waals surface area contributed by atoms with Gasteiger partial charge in [0, 0.05) is 13.5 Å². The highest BCUT2D eigenvalue weighted by Crippen LogP contribution is 2.36. The maximum atomic E-state index is 10.9. The molecule has 1 heterocycles. The zero-order valence-electron chi connectivity index (χ0n) is 14.9. The number of aliphatic hydroxyl groups is 2. The van der Waals surface area contributed by atoms with E-state index in [1.165, 1.54) is 6.92 Å². The van der Waals surface area contributed by atoms with E-state index >= 15 is 0 Å². The Labute approximate surface area is 143 Å². The van der Waals surface area contributed by atoms with Gasteiger partial charge in [0.2, 0.25) is 5.91 Å². The summed E-state index contributed by atoms with van der Waals surface area (Å²) in [5, 5.41) is 22.8. The predicted octanol–water partition coefficient (Wildman–Crippen LogP) is 0.516. The van der Waals surface area contributed by atoms with Gasteiger partial charge in [0.05, 0.1) is 11.2 Å². The van der Waals surface area contributed by atoms with Crippen LogP contribution in [0.1, 0.15) is 46.3 Å². The molecule has 1 aliphatic rings. The van der Waals surface area contributed by atoms with Crippen molar-refractivity contribution in [1.29, 1.82) is 0 Å². The summed E-state index contributed by atoms with van der Waals surface area (Å²) < 4.78 is 12.0. The molecule has 3 N–H and O–H groups in total. The fraction of sp³-hybridized carbons (Fsp3) is 0.588. The summed E-state index contributed by atoms with van der Waals surface area (Å²) in [6.07, 6.45) is -2.21.